The standard InChI is InChI=1S/C14H10ClN3O2/c15-10-7-8(19)5-6-12(10)16-14(20)13-9-3-1-2-4-11(9)17-18-13/h1-7,19H,(H,16,20)(H,17,18). The zero-order valence-corrected chi connectivity index (χ0v) is 11.0. The van der Waals surface area contributed by atoms with Crippen LogP contribution < -0.4 is 5.32 Å². The summed E-state index contributed by atoms with van der Waals surface area (Å²) in [7, 11) is 0. The number of fused-ring (bicyclic) bond motifs is 1. The number of benzene rings is 2. The first kappa shape index (κ1) is 12.5. The fourth-order valence-corrected chi connectivity index (χ4v) is 2.15. The van der Waals surface area contributed by atoms with Crippen molar-refractivity contribution in [1.29, 1.82) is 0 Å². The van der Waals surface area contributed by atoms with Crippen LogP contribution in [0.2, 0.25) is 5.02 Å². The highest BCUT2D eigenvalue weighted by atomic mass is 35.5. The maximum absolute atomic E-state index is 12.2. The second-order valence-electron chi connectivity index (χ2n) is 4.24. The van der Waals surface area contributed by atoms with Gasteiger partial charge in [0.1, 0.15) is 5.75 Å². The first-order valence-electron chi connectivity index (χ1n) is 5.88. The molecule has 0 fully saturated rings. The molecule has 100 valence electrons. The van der Waals surface area contributed by atoms with Gasteiger partial charge in [0, 0.05) is 11.5 Å². The zero-order valence-electron chi connectivity index (χ0n) is 10.2. The summed E-state index contributed by atoms with van der Waals surface area (Å²) in [5, 5.41) is 19.8. The van der Waals surface area contributed by atoms with Gasteiger partial charge in [0.05, 0.1) is 16.2 Å². The third-order valence-electron chi connectivity index (χ3n) is 2.89. The lowest BCUT2D eigenvalue weighted by atomic mass is 10.2. The number of phenols is 1. The van der Waals surface area contributed by atoms with Crippen molar-refractivity contribution >= 4 is 34.1 Å². The van der Waals surface area contributed by atoms with E-state index in [1.54, 1.807) is 0 Å². The van der Waals surface area contributed by atoms with E-state index in [1.165, 1.54) is 18.2 Å². The number of halogens is 1. The lowest BCUT2D eigenvalue weighted by Crippen LogP contribution is -2.13. The topological polar surface area (TPSA) is 78.0 Å². The maximum Gasteiger partial charge on any atom is 0.276 e. The molecule has 0 spiro atoms. The minimum atomic E-state index is -0.366. The molecule has 0 bridgehead atoms. The number of amides is 1. The minimum Gasteiger partial charge on any atom is -0.508 e. The predicted octanol–water partition coefficient (Wildman–Crippen LogP) is 3.17. The van der Waals surface area contributed by atoms with Gasteiger partial charge in [-0.05, 0) is 18.2 Å². The van der Waals surface area contributed by atoms with Gasteiger partial charge in [-0.25, -0.2) is 0 Å². The van der Waals surface area contributed by atoms with Crippen molar-refractivity contribution in [3.8, 4) is 5.75 Å². The van der Waals surface area contributed by atoms with Crippen molar-refractivity contribution < 1.29 is 9.90 Å². The van der Waals surface area contributed by atoms with Crippen molar-refractivity contribution in [2.24, 2.45) is 0 Å². The molecule has 0 atom stereocenters. The van der Waals surface area contributed by atoms with E-state index in [1.807, 2.05) is 24.3 Å². The van der Waals surface area contributed by atoms with Crippen LogP contribution in [0.5, 0.6) is 5.75 Å². The van der Waals surface area contributed by atoms with Crippen molar-refractivity contribution in [2.45, 2.75) is 0 Å². The van der Waals surface area contributed by atoms with Crippen LogP contribution in [0.1, 0.15) is 10.5 Å². The molecule has 5 nitrogen and oxygen atoms in total. The van der Waals surface area contributed by atoms with Crippen LogP contribution >= 0.6 is 11.6 Å². The molecule has 3 N–H and O–H groups in total. The van der Waals surface area contributed by atoms with Gasteiger partial charge in [0.15, 0.2) is 5.69 Å². The Labute approximate surface area is 119 Å². The average Bonchev–Trinajstić information content (AvgIpc) is 2.86. The van der Waals surface area contributed by atoms with Gasteiger partial charge in [0.2, 0.25) is 0 Å². The molecule has 0 aliphatic heterocycles. The van der Waals surface area contributed by atoms with E-state index in [-0.39, 0.29) is 16.7 Å². The first-order chi connectivity index (χ1) is 9.65. The summed E-state index contributed by atoms with van der Waals surface area (Å²) < 4.78 is 0. The summed E-state index contributed by atoms with van der Waals surface area (Å²) >= 11 is 5.95. The molecule has 3 aromatic rings. The molecular formula is C14H10ClN3O2. The summed E-state index contributed by atoms with van der Waals surface area (Å²) in [6.07, 6.45) is 0. The number of anilines is 1. The van der Waals surface area contributed by atoms with Crippen LogP contribution in [0.15, 0.2) is 42.5 Å². The molecule has 1 heterocycles. The fourth-order valence-electron chi connectivity index (χ4n) is 1.92. The number of hydrogen-bond acceptors (Lipinski definition) is 3. The Bertz CT molecular complexity index is 798. The van der Waals surface area contributed by atoms with Crippen LogP contribution in [0.3, 0.4) is 0 Å². The Morgan fingerprint density at radius 2 is 2.05 bits per heavy atom. The Kier molecular flexibility index (Phi) is 3.04. The number of aromatic hydroxyl groups is 1. The molecule has 0 saturated carbocycles. The van der Waals surface area contributed by atoms with Gasteiger partial charge >= 0.3 is 0 Å². The van der Waals surface area contributed by atoms with Gasteiger partial charge in [-0.3, -0.25) is 9.89 Å². The zero-order chi connectivity index (χ0) is 14.1. The lowest BCUT2D eigenvalue weighted by molar-refractivity contribution is 0.102. The van der Waals surface area contributed by atoms with Crippen molar-refractivity contribution in [3.63, 3.8) is 0 Å². The number of nitrogens with zero attached hydrogens (tertiary/aromatic N) is 1. The second-order valence-corrected chi connectivity index (χ2v) is 4.64. The number of aromatic nitrogens is 2. The molecule has 6 heteroatoms. The molecule has 20 heavy (non-hydrogen) atoms. The highest BCUT2D eigenvalue weighted by molar-refractivity contribution is 6.34. The number of aromatic amines is 1. The van der Waals surface area contributed by atoms with E-state index in [0.717, 1.165) is 10.9 Å². The first-order valence-corrected chi connectivity index (χ1v) is 6.26. The third kappa shape index (κ3) is 2.19. The van der Waals surface area contributed by atoms with Gasteiger partial charge < -0.3 is 10.4 Å². The lowest BCUT2D eigenvalue weighted by Gasteiger charge is -2.06. The van der Waals surface area contributed by atoms with E-state index in [4.69, 9.17) is 11.6 Å². The van der Waals surface area contributed by atoms with Crippen molar-refractivity contribution in [2.75, 3.05) is 5.32 Å². The van der Waals surface area contributed by atoms with Gasteiger partial charge in [-0.1, -0.05) is 29.8 Å². The normalized spacial score (nSPS) is 10.7. The number of carbonyl (C=O) groups excluding carboxylic acids is 1. The molecular weight excluding hydrogens is 278 g/mol. The molecule has 0 radical (unpaired) electrons. The van der Waals surface area contributed by atoms with E-state index < -0.39 is 0 Å². The number of nitrogens with one attached hydrogen (secondary N) is 2. The smallest absolute Gasteiger partial charge is 0.276 e. The minimum absolute atomic E-state index is 0.0400. The molecule has 0 saturated heterocycles. The Morgan fingerprint density at radius 1 is 1.25 bits per heavy atom. The van der Waals surface area contributed by atoms with E-state index in [9.17, 15) is 9.90 Å². The van der Waals surface area contributed by atoms with Crippen LogP contribution in [0.25, 0.3) is 10.9 Å². The molecule has 1 amide bonds. The SMILES string of the molecule is O=C(Nc1ccc(O)cc1Cl)c1n[nH]c2ccccc12. The maximum atomic E-state index is 12.2. The Balaban J connectivity index is 1.93. The van der Waals surface area contributed by atoms with E-state index in [0.29, 0.717) is 11.4 Å². The van der Waals surface area contributed by atoms with Gasteiger partial charge in [-0.15, -0.1) is 0 Å². The highest BCUT2D eigenvalue weighted by Crippen LogP contribution is 2.26. The molecule has 0 unspecified atom stereocenters. The van der Waals surface area contributed by atoms with E-state index >= 15 is 0 Å². The van der Waals surface area contributed by atoms with Crippen molar-refractivity contribution in [3.05, 3.63) is 53.2 Å². The molecule has 1 aromatic heterocycles. The third-order valence-corrected chi connectivity index (χ3v) is 3.20. The Morgan fingerprint density at radius 3 is 2.85 bits per heavy atom. The summed E-state index contributed by atoms with van der Waals surface area (Å²) in [5.41, 5.74) is 1.50. The van der Waals surface area contributed by atoms with Gasteiger partial charge in [0.25, 0.3) is 5.91 Å². The molecule has 2 aromatic carbocycles. The molecule has 0 aliphatic rings. The van der Waals surface area contributed by atoms with Gasteiger partial charge in [-0.2, -0.15) is 5.10 Å². The summed E-state index contributed by atoms with van der Waals surface area (Å²) in [5.74, 6) is -0.326. The number of hydrogen-bond donors (Lipinski definition) is 3. The number of para-hydroxylation sites is 1. The predicted molar refractivity (Wildman–Crippen MR) is 77.2 cm³/mol. The number of phenolic OH excluding ortho intramolecular Hbond substituents is 1. The largest absolute Gasteiger partial charge is 0.508 e. The molecule has 3 rings (SSSR count). The van der Waals surface area contributed by atoms with Crippen LogP contribution in [-0.2, 0) is 0 Å². The van der Waals surface area contributed by atoms with Crippen LogP contribution in [-0.4, -0.2) is 21.2 Å². The Hall–Kier alpha value is -2.53. The highest BCUT2D eigenvalue weighted by Gasteiger charge is 2.15. The summed E-state index contributed by atoms with van der Waals surface area (Å²) in [4.78, 5) is 12.2. The van der Waals surface area contributed by atoms with E-state index in [2.05, 4.69) is 15.5 Å². The average molecular weight is 288 g/mol. The summed E-state index contributed by atoms with van der Waals surface area (Å²) in [6, 6.07) is 11.7. The summed E-state index contributed by atoms with van der Waals surface area (Å²) in [6.45, 7) is 0. The number of carbonyl (C=O) groups is 1. The number of H-pyrrole nitrogens is 1. The van der Waals surface area contributed by atoms with Crippen molar-refractivity contribution in [1.82, 2.24) is 10.2 Å². The second kappa shape index (κ2) is 4.86. The fraction of sp³-hybridized carbons (Fsp3) is 0. The monoisotopic (exact) mass is 287 g/mol. The quantitative estimate of drug-likeness (QED) is 0.634. The van der Waals surface area contributed by atoms with Crippen LogP contribution in [0, 0.1) is 0 Å². The van der Waals surface area contributed by atoms with Crippen LogP contribution in [0.4, 0.5) is 5.69 Å². The molecule has 0 aliphatic carbocycles. The number of rotatable bonds is 2.